The molecule has 0 aromatic heterocycles. The van der Waals surface area contributed by atoms with E-state index in [2.05, 4.69) is 5.32 Å². The molecule has 5 heteroatoms. The van der Waals surface area contributed by atoms with Gasteiger partial charge in [-0.2, -0.15) is 0 Å². The number of hydrogen-bond donors (Lipinski definition) is 2. The zero-order valence-electron chi connectivity index (χ0n) is 11.5. The Kier molecular flexibility index (Phi) is 9.21. The Morgan fingerprint density at radius 2 is 1.95 bits per heavy atom. The molecule has 0 aliphatic rings. The van der Waals surface area contributed by atoms with E-state index in [1.54, 1.807) is 0 Å². The van der Waals surface area contributed by atoms with Crippen LogP contribution in [0, 0.1) is 0 Å². The maximum atomic E-state index is 11.7. The molecule has 0 spiro atoms. The third-order valence-corrected chi connectivity index (χ3v) is 2.49. The number of rotatable bonds is 7. The number of amides is 1. The second-order valence-corrected chi connectivity index (χ2v) is 4.51. The quantitative estimate of drug-likeness (QED) is 0.747. The lowest BCUT2D eigenvalue weighted by Crippen LogP contribution is -2.43. The Hall–Kier alpha value is -1.10. The van der Waals surface area contributed by atoms with E-state index in [4.69, 9.17) is 10.5 Å². The predicted molar refractivity (Wildman–Crippen MR) is 79.5 cm³/mol. The van der Waals surface area contributed by atoms with Crippen LogP contribution in [0.2, 0.25) is 0 Å². The van der Waals surface area contributed by atoms with Crippen LogP contribution in [0.1, 0.15) is 19.4 Å². The van der Waals surface area contributed by atoms with E-state index in [0.29, 0.717) is 19.6 Å². The van der Waals surface area contributed by atoms with Gasteiger partial charge in [0.05, 0.1) is 18.8 Å². The zero-order chi connectivity index (χ0) is 13.4. The summed E-state index contributed by atoms with van der Waals surface area (Å²) in [5.41, 5.74) is 6.91. The first-order valence-corrected chi connectivity index (χ1v) is 6.28. The summed E-state index contributed by atoms with van der Waals surface area (Å²) < 4.78 is 5.33. The fourth-order valence-electron chi connectivity index (χ4n) is 1.56. The lowest BCUT2D eigenvalue weighted by atomic mass is 10.1. The molecule has 0 saturated carbocycles. The van der Waals surface area contributed by atoms with E-state index in [1.807, 2.05) is 44.2 Å². The first-order chi connectivity index (χ1) is 8.59. The highest BCUT2D eigenvalue weighted by molar-refractivity contribution is 5.85. The Morgan fingerprint density at radius 3 is 2.53 bits per heavy atom. The fraction of sp³-hybridized carbons (Fsp3) is 0.500. The van der Waals surface area contributed by atoms with Crippen LogP contribution in [0.25, 0.3) is 0 Å². The molecule has 1 amide bonds. The van der Waals surface area contributed by atoms with Crippen LogP contribution in [0.3, 0.4) is 0 Å². The van der Waals surface area contributed by atoms with E-state index < -0.39 is 6.04 Å². The topological polar surface area (TPSA) is 64.3 Å². The molecule has 19 heavy (non-hydrogen) atoms. The molecule has 1 aromatic carbocycles. The van der Waals surface area contributed by atoms with E-state index >= 15 is 0 Å². The van der Waals surface area contributed by atoms with Crippen LogP contribution >= 0.6 is 12.4 Å². The molecule has 4 nitrogen and oxygen atoms in total. The van der Waals surface area contributed by atoms with Gasteiger partial charge in [-0.1, -0.05) is 30.3 Å². The molecule has 0 fully saturated rings. The normalized spacial score (nSPS) is 11.8. The van der Waals surface area contributed by atoms with Gasteiger partial charge in [0.15, 0.2) is 0 Å². The van der Waals surface area contributed by atoms with Gasteiger partial charge in [-0.3, -0.25) is 4.79 Å². The van der Waals surface area contributed by atoms with E-state index in [9.17, 15) is 4.79 Å². The molecule has 0 saturated heterocycles. The summed E-state index contributed by atoms with van der Waals surface area (Å²) >= 11 is 0. The Labute approximate surface area is 121 Å². The summed E-state index contributed by atoms with van der Waals surface area (Å²) in [6, 6.07) is 9.25. The summed E-state index contributed by atoms with van der Waals surface area (Å²) in [4.78, 5) is 11.7. The smallest absolute Gasteiger partial charge is 0.237 e. The highest BCUT2D eigenvalue weighted by Gasteiger charge is 2.13. The van der Waals surface area contributed by atoms with Crippen molar-refractivity contribution < 1.29 is 9.53 Å². The highest BCUT2D eigenvalue weighted by Crippen LogP contribution is 2.01. The number of carbonyl (C=O) groups is 1. The molecule has 0 aliphatic heterocycles. The van der Waals surface area contributed by atoms with E-state index in [1.165, 1.54) is 0 Å². The van der Waals surface area contributed by atoms with Gasteiger partial charge < -0.3 is 15.8 Å². The fourth-order valence-corrected chi connectivity index (χ4v) is 1.56. The molecular weight excluding hydrogens is 264 g/mol. The highest BCUT2D eigenvalue weighted by atomic mass is 35.5. The second-order valence-electron chi connectivity index (χ2n) is 4.51. The van der Waals surface area contributed by atoms with Crippen molar-refractivity contribution in [3.8, 4) is 0 Å². The summed E-state index contributed by atoms with van der Waals surface area (Å²) in [6.45, 7) is 4.94. The molecule has 1 unspecified atom stereocenters. The molecule has 0 aliphatic carbocycles. The van der Waals surface area contributed by atoms with Crippen LogP contribution in [-0.4, -0.2) is 31.2 Å². The average Bonchev–Trinajstić information content (AvgIpc) is 2.35. The minimum Gasteiger partial charge on any atom is -0.377 e. The van der Waals surface area contributed by atoms with Crippen LogP contribution < -0.4 is 11.1 Å². The van der Waals surface area contributed by atoms with Gasteiger partial charge >= 0.3 is 0 Å². The van der Waals surface area contributed by atoms with Crippen molar-refractivity contribution in [2.24, 2.45) is 5.73 Å². The second kappa shape index (κ2) is 9.78. The molecular formula is C14H23ClN2O2. The summed E-state index contributed by atoms with van der Waals surface area (Å²) in [6.07, 6.45) is 0.734. The van der Waals surface area contributed by atoms with Crippen molar-refractivity contribution in [2.75, 3.05) is 13.2 Å². The van der Waals surface area contributed by atoms with Gasteiger partial charge in [0.25, 0.3) is 0 Å². The first-order valence-electron chi connectivity index (χ1n) is 6.28. The Balaban J connectivity index is 0.00000324. The monoisotopic (exact) mass is 286 g/mol. The molecule has 0 radical (unpaired) electrons. The summed E-state index contributed by atoms with van der Waals surface area (Å²) in [7, 11) is 0. The SMILES string of the molecule is CC(C)OCCNC(=O)C(N)Cc1ccccc1.Cl. The number of ether oxygens (including phenoxy) is 1. The molecule has 1 rings (SSSR count). The molecule has 108 valence electrons. The van der Waals surface area contributed by atoms with Gasteiger partial charge in [-0.15, -0.1) is 12.4 Å². The van der Waals surface area contributed by atoms with Gasteiger partial charge in [0, 0.05) is 6.54 Å². The van der Waals surface area contributed by atoms with Crippen molar-refractivity contribution in [3.63, 3.8) is 0 Å². The van der Waals surface area contributed by atoms with Crippen LogP contribution in [0.15, 0.2) is 30.3 Å². The van der Waals surface area contributed by atoms with Gasteiger partial charge in [-0.05, 0) is 25.8 Å². The molecule has 1 atom stereocenters. The van der Waals surface area contributed by atoms with Crippen molar-refractivity contribution in [2.45, 2.75) is 32.4 Å². The van der Waals surface area contributed by atoms with Crippen molar-refractivity contribution >= 4 is 18.3 Å². The van der Waals surface area contributed by atoms with Crippen molar-refractivity contribution in [3.05, 3.63) is 35.9 Å². The van der Waals surface area contributed by atoms with Crippen molar-refractivity contribution in [1.29, 1.82) is 0 Å². The lowest BCUT2D eigenvalue weighted by Gasteiger charge is -2.13. The number of halogens is 1. The largest absolute Gasteiger partial charge is 0.377 e. The number of benzene rings is 1. The third-order valence-electron chi connectivity index (χ3n) is 2.49. The predicted octanol–water partition coefficient (Wildman–Crippen LogP) is 1.52. The average molecular weight is 287 g/mol. The summed E-state index contributed by atoms with van der Waals surface area (Å²) in [5.74, 6) is -0.133. The molecule has 0 bridgehead atoms. The van der Waals surface area contributed by atoms with E-state index in [-0.39, 0.29) is 24.4 Å². The first kappa shape index (κ1) is 17.9. The van der Waals surface area contributed by atoms with Gasteiger partial charge in [0.2, 0.25) is 5.91 Å². The van der Waals surface area contributed by atoms with Gasteiger partial charge in [0.1, 0.15) is 0 Å². The number of nitrogens with one attached hydrogen (secondary N) is 1. The van der Waals surface area contributed by atoms with Crippen molar-refractivity contribution in [1.82, 2.24) is 5.32 Å². The number of nitrogens with two attached hydrogens (primary N) is 1. The van der Waals surface area contributed by atoms with Gasteiger partial charge in [-0.25, -0.2) is 0 Å². The standard InChI is InChI=1S/C14H22N2O2.ClH/c1-11(2)18-9-8-16-14(17)13(15)10-12-6-4-3-5-7-12;/h3-7,11,13H,8-10,15H2,1-2H3,(H,16,17);1H. The zero-order valence-corrected chi connectivity index (χ0v) is 12.3. The Morgan fingerprint density at radius 1 is 1.32 bits per heavy atom. The molecule has 3 N–H and O–H groups in total. The Bertz CT molecular complexity index is 358. The van der Waals surface area contributed by atoms with E-state index in [0.717, 1.165) is 5.56 Å². The minimum atomic E-state index is -0.508. The third kappa shape index (κ3) is 7.82. The maximum Gasteiger partial charge on any atom is 0.237 e. The number of carbonyl (C=O) groups excluding carboxylic acids is 1. The number of hydrogen-bond acceptors (Lipinski definition) is 3. The molecule has 1 aromatic rings. The lowest BCUT2D eigenvalue weighted by molar-refractivity contribution is -0.122. The van der Waals surface area contributed by atoms with Crippen LogP contribution in [-0.2, 0) is 16.0 Å². The summed E-state index contributed by atoms with van der Waals surface area (Å²) in [5, 5.41) is 2.77. The van der Waals surface area contributed by atoms with Crippen LogP contribution in [0.4, 0.5) is 0 Å². The molecule has 0 heterocycles. The maximum absolute atomic E-state index is 11.7. The minimum absolute atomic E-state index is 0. The van der Waals surface area contributed by atoms with Crippen LogP contribution in [0.5, 0.6) is 0 Å².